The first-order valence-electron chi connectivity index (χ1n) is 9.22. The second kappa shape index (κ2) is 7.73. The number of amides is 1. The van der Waals surface area contributed by atoms with Crippen molar-refractivity contribution in [1.82, 2.24) is 5.32 Å². The Kier molecular flexibility index (Phi) is 5.40. The number of ketones is 1. The maximum Gasteiger partial charge on any atom is 0.220 e. The van der Waals surface area contributed by atoms with Gasteiger partial charge in [0.15, 0.2) is 5.78 Å². The van der Waals surface area contributed by atoms with Crippen molar-refractivity contribution in [3.8, 4) is 0 Å². The lowest BCUT2D eigenvalue weighted by Gasteiger charge is -2.26. The lowest BCUT2D eigenvalue weighted by molar-refractivity contribution is -0.121. The van der Waals surface area contributed by atoms with Crippen LogP contribution < -0.4 is 11.1 Å². The first kappa shape index (κ1) is 18.2. The molecule has 0 fully saturated rings. The van der Waals surface area contributed by atoms with E-state index in [4.69, 9.17) is 5.73 Å². The van der Waals surface area contributed by atoms with Crippen LogP contribution in [0.25, 0.3) is 0 Å². The number of fused-ring (bicyclic) bond motifs is 1. The highest BCUT2D eigenvalue weighted by Crippen LogP contribution is 2.31. The first-order valence-corrected chi connectivity index (χ1v) is 9.22. The number of nitrogen functional groups attached to an aromatic ring is 1. The molecule has 1 unspecified atom stereocenters. The Labute approximate surface area is 154 Å². The molecule has 0 saturated carbocycles. The molecule has 0 bridgehead atoms. The van der Waals surface area contributed by atoms with Gasteiger partial charge in [0, 0.05) is 24.1 Å². The molecule has 1 aliphatic rings. The molecule has 1 amide bonds. The Balaban J connectivity index is 1.60. The van der Waals surface area contributed by atoms with Gasteiger partial charge in [0.25, 0.3) is 0 Å². The predicted molar refractivity (Wildman–Crippen MR) is 104 cm³/mol. The van der Waals surface area contributed by atoms with Crippen LogP contribution in [0.1, 0.15) is 64.3 Å². The molecular weight excluding hydrogens is 324 g/mol. The van der Waals surface area contributed by atoms with E-state index in [1.165, 1.54) is 5.56 Å². The molecule has 4 nitrogen and oxygen atoms in total. The molecule has 4 heteroatoms. The van der Waals surface area contributed by atoms with Gasteiger partial charge in [-0.1, -0.05) is 23.8 Å². The third-order valence-electron chi connectivity index (χ3n) is 5.09. The molecule has 2 aromatic carbocycles. The second-order valence-corrected chi connectivity index (χ2v) is 7.21. The highest BCUT2D eigenvalue weighted by Gasteiger charge is 2.22. The van der Waals surface area contributed by atoms with E-state index in [1.54, 1.807) is 0 Å². The zero-order chi connectivity index (χ0) is 18.7. The zero-order valence-corrected chi connectivity index (χ0v) is 15.5. The molecule has 0 radical (unpaired) electrons. The lowest BCUT2D eigenvalue weighted by atomic mass is 9.87. The number of nitrogens with two attached hydrogens (primary N) is 1. The smallest absolute Gasteiger partial charge is 0.220 e. The van der Waals surface area contributed by atoms with E-state index in [9.17, 15) is 9.59 Å². The Bertz CT molecular complexity index is 842. The van der Waals surface area contributed by atoms with Gasteiger partial charge in [-0.3, -0.25) is 9.59 Å². The summed E-state index contributed by atoms with van der Waals surface area (Å²) in [5, 5.41) is 3.10. The Morgan fingerprint density at radius 2 is 1.92 bits per heavy atom. The average molecular weight is 350 g/mol. The number of nitrogens with one attached hydrogen (secondary N) is 1. The van der Waals surface area contributed by atoms with Crippen LogP contribution in [0.2, 0.25) is 0 Å². The fraction of sp³-hybridized carbons (Fsp3) is 0.364. The fourth-order valence-electron chi connectivity index (χ4n) is 3.65. The van der Waals surface area contributed by atoms with Gasteiger partial charge in [-0.05, 0) is 68.0 Å². The SMILES string of the molecule is Cc1ccc(C)c(C(=O)CCC(=O)NC2CCCc3cc(N)ccc32)c1. The highest BCUT2D eigenvalue weighted by molar-refractivity contribution is 5.99. The van der Waals surface area contributed by atoms with E-state index in [-0.39, 0.29) is 30.6 Å². The zero-order valence-electron chi connectivity index (χ0n) is 15.5. The van der Waals surface area contributed by atoms with Crippen molar-refractivity contribution in [1.29, 1.82) is 0 Å². The van der Waals surface area contributed by atoms with E-state index in [1.807, 2.05) is 50.2 Å². The molecule has 136 valence electrons. The average Bonchev–Trinajstić information content (AvgIpc) is 2.61. The van der Waals surface area contributed by atoms with Crippen LogP contribution >= 0.6 is 0 Å². The number of rotatable bonds is 5. The summed E-state index contributed by atoms with van der Waals surface area (Å²) < 4.78 is 0. The van der Waals surface area contributed by atoms with Gasteiger partial charge in [0.2, 0.25) is 5.91 Å². The van der Waals surface area contributed by atoms with Crippen molar-refractivity contribution in [2.24, 2.45) is 0 Å². The van der Waals surface area contributed by atoms with Crippen molar-refractivity contribution in [3.63, 3.8) is 0 Å². The highest BCUT2D eigenvalue weighted by atomic mass is 16.2. The number of benzene rings is 2. The Hall–Kier alpha value is -2.62. The number of hydrogen-bond acceptors (Lipinski definition) is 3. The van der Waals surface area contributed by atoms with Crippen LogP contribution in [0.3, 0.4) is 0 Å². The number of carbonyl (C=O) groups excluding carboxylic acids is 2. The van der Waals surface area contributed by atoms with Crippen molar-refractivity contribution in [2.45, 2.75) is 52.0 Å². The summed E-state index contributed by atoms with van der Waals surface area (Å²) in [6.07, 6.45) is 3.40. The molecule has 0 heterocycles. The van der Waals surface area contributed by atoms with Crippen LogP contribution in [0.5, 0.6) is 0 Å². The van der Waals surface area contributed by atoms with E-state index >= 15 is 0 Å². The third kappa shape index (κ3) is 4.13. The van der Waals surface area contributed by atoms with Crippen LogP contribution in [0.4, 0.5) is 5.69 Å². The minimum atomic E-state index is -0.0710. The molecule has 0 spiro atoms. The third-order valence-corrected chi connectivity index (χ3v) is 5.09. The number of carbonyl (C=O) groups is 2. The van der Waals surface area contributed by atoms with Gasteiger partial charge >= 0.3 is 0 Å². The summed E-state index contributed by atoms with van der Waals surface area (Å²) in [5.74, 6) is -0.0449. The number of hydrogen-bond donors (Lipinski definition) is 2. The van der Waals surface area contributed by atoms with Crippen LogP contribution in [0, 0.1) is 13.8 Å². The van der Waals surface area contributed by atoms with Gasteiger partial charge in [0.1, 0.15) is 0 Å². The molecule has 0 saturated heterocycles. The summed E-state index contributed by atoms with van der Waals surface area (Å²) >= 11 is 0. The van der Waals surface area contributed by atoms with E-state index < -0.39 is 0 Å². The van der Waals surface area contributed by atoms with Crippen molar-refractivity contribution >= 4 is 17.4 Å². The molecule has 2 aromatic rings. The van der Waals surface area contributed by atoms with Gasteiger partial charge in [-0.2, -0.15) is 0 Å². The monoisotopic (exact) mass is 350 g/mol. The van der Waals surface area contributed by atoms with Crippen molar-refractivity contribution in [3.05, 3.63) is 64.2 Å². The van der Waals surface area contributed by atoms with Crippen molar-refractivity contribution in [2.75, 3.05) is 5.73 Å². The summed E-state index contributed by atoms with van der Waals surface area (Å²) in [4.78, 5) is 24.8. The molecule has 1 aliphatic carbocycles. The largest absolute Gasteiger partial charge is 0.399 e. The summed E-state index contributed by atoms with van der Waals surface area (Å²) in [7, 11) is 0. The first-order chi connectivity index (χ1) is 12.4. The standard InChI is InChI=1S/C22H26N2O2/c1-14-6-7-15(2)19(12-14)21(25)10-11-22(26)24-20-5-3-4-16-13-17(23)8-9-18(16)20/h6-9,12-13,20H,3-5,10-11,23H2,1-2H3,(H,24,26). The minimum Gasteiger partial charge on any atom is -0.399 e. The second-order valence-electron chi connectivity index (χ2n) is 7.21. The molecule has 26 heavy (non-hydrogen) atoms. The summed E-state index contributed by atoms with van der Waals surface area (Å²) in [6.45, 7) is 3.90. The molecule has 0 aliphatic heterocycles. The van der Waals surface area contributed by atoms with Gasteiger partial charge in [-0.25, -0.2) is 0 Å². The summed E-state index contributed by atoms with van der Waals surface area (Å²) in [5.41, 5.74) is 11.7. The number of anilines is 1. The molecule has 1 atom stereocenters. The number of aryl methyl sites for hydroxylation is 3. The topological polar surface area (TPSA) is 72.2 Å². The van der Waals surface area contributed by atoms with E-state index in [0.717, 1.165) is 47.2 Å². The molecular formula is C22H26N2O2. The summed E-state index contributed by atoms with van der Waals surface area (Å²) in [6, 6.07) is 11.8. The minimum absolute atomic E-state index is 0.0163. The quantitative estimate of drug-likeness (QED) is 0.631. The molecule has 3 rings (SSSR count). The Morgan fingerprint density at radius 3 is 2.73 bits per heavy atom. The van der Waals surface area contributed by atoms with Crippen LogP contribution in [-0.2, 0) is 11.2 Å². The van der Waals surface area contributed by atoms with Crippen LogP contribution in [0.15, 0.2) is 36.4 Å². The predicted octanol–water partition coefficient (Wildman–Crippen LogP) is 4.04. The maximum absolute atomic E-state index is 12.5. The van der Waals surface area contributed by atoms with E-state index in [2.05, 4.69) is 5.32 Å². The van der Waals surface area contributed by atoms with Crippen molar-refractivity contribution < 1.29 is 9.59 Å². The van der Waals surface area contributed by atoms with Gasteiger partial charge in [-0.15, -0.1) is 0 Å². The maximum atomic E-state index is 12.5. The van der Waals surface area contributed by atoms with Gasteiger partial charge < -0.3 is 11.1 Å². The lowest BCUT2D eigenvalue weighted by Crippen LogP contribution is -2.31. The Morgan fingerprint density at radius 1 is 1.12 bits per heavy atom. The van der Waals surface area contributed by atoms with Gasteiger partial charge in [0.05, 0.1) is 6.04 Å². The fourth-order valence-corrected chi connectivity index (χ4v) is 3.65. The molecule has 3 N–H and O–H groups in total. The number of Topliss-reactive ketones (excluding diaryl/α,β-unsaturated/α-hetero) is 1. The van der Waals surface area contributed by atoms with E-state index in [0.29, 0.717) is 0 Å². The normalized spacial score (nSPS) is 16.0. The molecule has 0 aromatic heterocycles. The van der Waals surface area contributed by atoms with Crippen LogP contribution in [-0.4, -0.2) is 11.7 Å².